The molecular weight excluding hydrogens is 287 g/mol. The van der Waals surface area contributed by atoms with Crippen LogP contribution in [0, 0.1) is 0 Å². The molecule has 0 aliphatic carbocycles. The van der Waals surface area contributed by atoms with E-state index in [0.717, 1.165) is 18.2 Å². The lowest BCUT2D eigenvalue weighted by atomic mass is 10.1. The van der Waals surface area contributed by atoms with Crippen molar-refractivity contribution in [3.05, 3.63) is 35.4 Å². The number of carbonyl (C=O) groups is 1. The van der Waals surface area contributed by atoms with Crippen molar-refractivity contribution in [1.82, 2.24) is 0 Å². The summed E-state index contributed by atoms with van der Waals surface area (Å²) in [5.41, 5.74) is 3.61. The van der Waals surface area contributed by atoms with Crippen LogP contribution in [0.5, 0.6) is 0 Å². The third-order valence-corrected chi connectivity index (χ3v) is 2.59. The van der Waals surface area contributed by atoms with E-state index in [2.05, 4.69) is 4.18 Å². The highest BCUT2D eigenvalue weighted by atomic mass is 32.2. The molecule has 0 saturated heterocycles. The number of alkyl halides is 3. The Balaban J connectivity index is 3.21. The number of amides is 1. The number of nitrogens with two attached hydrogens (primary N) is 1. The van der Waals surface area contributed by atoms with E-state index in [4.69, 9.17) is 5.73 Å². The molecule has 1 aromatic rings. The molecule has 1 atom stereocenters. The van der Waals surface area contributed by atoms with Crippen LogP contribution in [0.2, 0.25) is 0 Å². The molecular formula is C10H10F3NO4S. The number of hydrogen-bond acceptors (Lipinski definition) is 4. The van der Waals surface area contributed by atoms with E-state index in [-0.39, 0.29) is 5.56 Å². The van der Waals surface area contributed by atoms with Crippen LogP contribution >= 0.6 is 0 Å². The van der Waals surface area contributed by atoms with Crippen molar-refractivity contribution >= 4 is 16.0 Å². The quantitative estimate of drug-likeness (QED) is 0.846. The monoisotopic (exact) mass is 297 g/mol. The van der Waals surface area contributed by atoms with Gasteiger partial charge in [-0.25, -0.2) is 0 Å². The highest BCUT2D eigenvalue weighted by Gasteiger charge is 2.32. The summed E-state index contributed by atoms with van der Waals surface area (Å²) in [7, 11) is -4.05. The summed E-state index contributed by atoms with van der Waals surface area (Å²) < 4.78 is 63.8. The second-order valence-electron chi connectivity index (χ2n) is 3.71. The molecule has 0 aliphatic heterocycles. The molecule has 0 radical (unpaired) electrons. The Morgan fingerprint density at radius 1 is 1.37 bits per heavy atom. The number of rotatable bonds is 4. The fourth-order valence-electron chi connectivity index (χ4n) is 1.32. The first-order valence-corrected chi connectivity index (χ1v) is 6.67. The first kappa shape index (κ1) is 15.4. The molecule has 5 nitrogen and oxygen atoms in total. The predicted molar refractivity (Wildman–Crippen MR) is 59.3 cm³/mol. The van der Waals surface area contributed by atoms with Gasteiger partial charge in [-0.3, -0.25) is 8.98 Å². The smallest absolute Gasteiger partial charge is 0.367 e. The number of hydrogen-bond donors (Lipinski definition) is 1. The average Bonchev–Trinajstić information content (AvgIpc) is 2.23. The maximum absolute atomic E-state index is 12.5. The topological polar surface area (TPSA) is 86.5 Å². The van der Waals surface area contributed by atoms with Crippen molar-refractivity contribution in [2.24, 2.45) is 5.73 Å². The van der Waals surface area contributed by atoms with Crippen molar-refractivity contribution in [3.63, 3.8) is 0 Å². The van der Waals surface area contributed by atoms with E-state index in [1.165, 1.54) is 0 Å². The minimum Gasteiger partial charge on any atom is -0.367 e. The van der Waals surface area contributed by atoms with Crippen LogP contribution in [0.1, 0.15) is 17.2 Å². The lowest BCUT2D eigenvalue weighted by molar-refractivity contribution is -0.138. The molecule has 1 amide bonds. The van der Waals surface area contributed by atoms with Gasteiger partial charge in [0.05, 0.1) is 11.8 Å². The summed E-state index contributed by atoms with van der Waals surface area (Å²) in [6.45, 7) is 0. The van der Waals surface area contributed by atoms with Gasteiger partial charge in [-0.2, -0.15) is 21.6 Å². The zero-order valence-electron chi connectivity index (χ0n) is 9.64. The Labute approximate surface area is 107 Å². The van der Waals surface area contributed by atoms with E-state index in [1.807, 2.05) is 0 Å². The molecule has 0 spiro atoms. The first-order valence-electron chi connectivity index (χ1n) is 4.85. The van der Waals surface area contributed by atoms with Gasteiger partial charge in [-0.15, -0.1) is 0 Å². The molecule has 1 unspecified atom stereocenters. The SMILES string of the molecule is CS(=O)(=O)OC(C(N)=O)c1cccc(C(F)(F)F)c1. The summed E-state index contributed by atoms with van der Waals surface area (Å²) in [5.74, 6) is -1.20. The first-order chi connectivity index (χ1) is 8.50. The van der Waals surface area contributed by atoms with E-state index in [1.54, 1.807) is 0 Å². The summed E-state index contributed by atoms with van der Waals surface area (Å²) in [6, 6.07) is 3.54. The van der Waals surface area contributed by atoms with E-state index >= 15 is 0 Å². The number of carbonyl (C=O) groups excluding carboxylic acids is 1. The van der Waals surface area contributed by atoms with Gasteiger partial charge in [0, 0.05) is 0 Å². The molecule has 106 valence electrons. The fraction of sp³-hybridized carbons (Fsp3) is 0.300. The molecule has 1 rings (SSSR count). The third kappa shape index (κ3) is 4.52. The van der Waals surface area contributed by atoms with Crippen LogP contribution in [-0.4, -0.2) is 20.6 Å². The van der Waals surface area contributed by atoms with Gasteiger partial charge in [-0.05, 0) is 17.7 Å². The van der Waals surface area contributed by atoms with Crippen molar-refractivity contribution < 1.29 is 30.6 Å². The van der Waals surface area contributed by atoms with Crippen molar-refractivity contribution in [2.75, 3.05) is 6.26 Å². The number of benzene rings is 1. The number of halogens is 3. The van der Waals surface area contributed by atoms with E-state index < -0.39 is 33.9 Å². The van der Waals surface area contributed by atoms with Crippen LogP contribution < -0.4 is 5.73 Å². The summed E-state index contributed by atoms with van der Waals surface area (Å²) in [6.07, 6.45) is -5.75. The van der Waals surface area contributed by atoms with Crippen molar-refractivity contribution in [3.8, 4) is 0 Å². The zero-order valence-corrected chi connectivity index (χ0v) is 10.5. The lowest BCUT2D eigenvalue weighted by Crippen LogP contribution is -2.26. The largest absolute Gasteiger partial charge is 0.416 e. The van der Waals surface area contributed by atoms with Crippen LogP contribution in [0.15, 0.2) is 24.3 Å². The molecule has 9 heteroatoms. The predicted octanol–water partition coefficient (Wildman–Crippen LogP) is 1.21. The summed E-state index contributed by atoms with van der Waals surface area (Å²) in [4.78, 5) is 11.1. The van der Waals surface area contributed by atoms with Gasteiger partial charge < -0.3 is 5.73 Å². The maximum Gasteiger partial charge on any atom is 0.416 e. The molecule has 0 saturated carbocycles. The van der Waals surface area contributed by atoms with Crippen LogP contribution in [-0.2, 0) is 25.3 Å². The standard InChI is InChI=1S/C10H10F3NO4S/c1-19(16,17)18-8(9(14)15)6-3-2-4-7(5-6)10(11,12)13/h2-5,8H,1H3,(H2,14,15). The van der Waals surface area contributed by atoms with E-state index in [9.17, 15) is 26.4 Å². The summed E-state index contributed by atoms with van der Waals surface area (Å²) >= 11 is 0. The van der Waals surface area contributed by atoms with Gasteiger partial charge >= 0.3 is 6.18 Å². The van der Waals surface area contributed by atoms with Gasteiger partial charge in [0.25, 0.3) is 16.0 Å². The van der Waals surface area contributed by atoms with Gasteiger partial charge in [0.15, 0.2) is 6.10 Å². The zero-order chi connectivity index (χ0) is 14.8. The Kier molecular flexibility index (Phi) is 4.21. The minimum atomic E-state index is -4.62. The third-order valence-electron chi connectivity index (χ3n) is 2.05. The molecule has 0 bridgehead atoms. The molecule has 1 aromatic carbocycles. The maximum atomic E-state index is 12.5. The second-order valence-corrected chi connectivity index (χ2v) is 5.31. The van der Waals surface area contributed by atoms with Crippen LogP contribution in [0.3, 0.4) is 0 Å². The van der Waals surface area contributed by atoms with Gasteiger partial charge in [-0.1, -0.05) is 12.1 Å². The molecule has 0 heterocycles. The normalized spacial score (nSPS) is 14.1. The van der Waals surface area contributed by atoms with E-state index in [0.29, 0.717) is 12.3 Å². The highest BCUT2D eigenvalue weighted by molar-refractivity contribution is 7.86. The summed E-state index contributed by atoms with van der Waals surface area (Å²) in [5, 5.41) is 0. The second kappa shape index (κ2) is 5.17. The minimum absolute atomic E-state index is 0.284. The van der Waals surface area contributed by atoms with Crippen LogP contribution in [0.4, 0.5) is 13.2 Å². The Morgan fingerprint density at radius 2 is 1.95 bits per heavy atom. The Hall–Kier alpha value is -1.61. The molecule has 0 aromatic heterocycles. The van der Waals surface area contributed by atoms with Gasteiger partial charge in [0.1, 0.15) is 0 Å². The number of primary amides is 1. The molecule has 2 N–H and O–H groups in total. The Bertz CT molecular complexity index is 583. The Morgan fingerprint density at radius 3 is 2.37 bits per heavy atom. The van der Waals surface area contributed by atoms with Gasteiger partial charge in [0.2, 0.25) is 0 Å². The van der Waals surface area contributed by atoms with Crippen molar-refractivity contribution in [2.45, 2.75) is 12.3 Å². The molecule has 0 fully saturated rings. The average molecular weight is 297 g/mol. The van der Waals surface area contributed by atoms with Crippen molar-refractivity contribution in [1.29, 1.82) is 0 Å². The van der Waals surface area contributed by atoms with Crippen LogP contribution in [0.25, 0.3) is 0 Å². The molecule has 19 heavy (non-hydrogen) atoms. The highest BCUT2D eigenvalue weighted by Crippen LogP contribution is 2.31. The lowest BCUT2D eigenvalue weighted by Gasteiger charge is -2.15. The molecule has 0 aliphatic rings. The fourth-order valence-corrected chi connectivity index (χ4v) is 1.88.